The molecule has 4 rings (SSSR count). The number of carbonyl (C=O) groups is 2. The number of benzene rings is 1. The first-order chi connectivity index (χ1) is 13.5. The van der Waals surface area contributed by atoms with Crippen LogP contribution in [0.25, 0.3) is 11.1 Å². The SMILES string of the molecule is Cc1cccc2oc(SCc3ccc(C(=O)N4CCC(C(N)=O)CC4)o3)nc12. The van der Waals surface area contributed by atoms with Crippen LogP contribution in [0.1, 0.15) is 34.7 Å². The molecule has 2 N–H and O–H groups in total. The van der Waals surface area contributed by atoms with Gasteiger partial charge in [-0.1, -0.05) is 23.9 Å². The number of thioether (sulfide) groups is 1. The van der Waals surface area contributed by atoms with Crippen LogP contribution < -0.4 is 5.73 Å². The number of carbonyl (C=O) groups excluding carboxylic acids is 2. The zero-order valence-corrected chi connectivity index (χ0v) is 16.3. The molecule has 0 unspecified atom stereocenters. The van der Waals surface area contributed by atoms with E-state index in [4.69, 9.17) is 14.6 Å². The Bertz CT molecular complexity index is 1020. The Morgan fingerprint density at radius 1 is 1.21 bits per heavy atom. The minimum atomic E-state index is -0.293. The molecule has 1 fully saturated rings. The van der Waals surface area contributed by atoms with Gasteiger partial charge in [0.15, 0.2) is 11.3 Å². The fourth-order valence-corrected chi connectivity index (χ4v) is 4.08. The van der Waals surface area contributed by atoms with Crippen LogP contribution >= 0.6 is 11.8 Å². The second kappa shape index (κ2) is 7.71. The predicted molar refractivity (Wildman–Crippen MR) is 105 cm³/mol. The van der Waals surface area contributed by atoms with Gasteiger partial charge in [0.25, 0.3) is 11.1 Å². The minimum Gasteiger partial charge on any atom is -0.455 e. The average molecular weight is 399 g/mol. The summed E-state index contributed by atoms with van der Waals surface area (Å²) in [6, 6.07) is 9.31. The molecule has 0 bridgehead atoms. The third kappa shape index (κ3) is 3.77. The number of hydrogen-bond donors (Lipinski definition) is 1. The third-order valence-electron chi connectivity index (χ3n) is 5.00. The Morgan fingerprint density at radius 2 is 2.00 bits per heavy atom. The fraction of sp³-hybridized carbons (Fsp3) is 0.350. The number of oxazole rings is 1. The van der Waals surface area contributed by atoms with Crippen molar-refractivity contribution in [2.24, 2.45) is 11.7 Å². The van der Waals surface area contributed by atoms with Gasteiger partial charge in [-0.3, -0.25) is 9.59 Å². The van der Waals surface area contributed by atoms with Gasteiger partial charge in [0.1, 0.15) is 11.3 Å². The standard InChI is InChI=1S/C20H21N3O4S/c1-12-3-2-4-15-17(12)22-20(27-15)28-11-14-5-6-16(26-14)19(25)23-9-7-13(8-10-23)18(21)24/h2-6,13H,7-11H2,1H3,(H2,21,24). The molecule has 2 amide bonds. The monoisotopic (exact) mass is 399 g/mol. The van der Waals surface area contributed by atoms with Crippen LogP contribution in [-0.2, 0) is 10.5 Å². The smallest absolute Gasteiger partial charge is 0.289 e. The van der Waals surface area contributed by atoms with Crippen molar-refractivity contribution in [2.75, 3.05) is 13.1 Å². The summed E-state index contributed by atoms with van der Waals surface area (Å²) in [4.78, 5) is 30.1. The molecule has 0 atom stereocenters. The molecule has 28 heavy (non-hydrogen) atoms. The lowest BCUT2D eigenvalue weighted by atomic mass is 9.96. The lowest BCUT2D eigenvalue weighted by molar-refractivity contribution is -0.123. The highest BCUT2D eigenvalue weighted by Gasteiger charge is 2.27. The highest BCUT2D eigenvalue weighted by Crippen LogP contribution is 2.28. The van der Waals surface area contributed by atoms with Crippen LogP contribution in [-0.4, -0.2) is 34.8 Å². The van der Waals surface area contributed by atoms with Gasteiger partial charge < -0.3 is 19.5 Å². The molecule has 1 saturated heterocycles. The number of fused-ring (bicyclic) bond motifs is 1. The number of amides is 2. The van der Waals surface area contributed by atoms with Crippen molar-refractivity contribution >= 4 is 34.7 Å². The molecular formula is C20H21N3O4S. The van der Waals surface area contributed by atoms with Gasteiger partial charge >= 0.3 is 0 Å². The van der Waals surface area contributed by atoms with Crippen LogP contribution in [0.3, 0.4) is 0 Å². The molecule has 0 saturated carbocycles. The number of nitrogens with zero attached hydrogens (tertiary/aromatic N) is 2. The molecule has 0 spiro atoms. The van der Waals surface area contributed by atoms with E-state index in [-0.39, 0.29) is 17.7 Å². The maximum absolute atomic E-state index is 12.6. The van der Waals surface area contributed by atoms with Crippen molar-refractivity contribution in [3.63, 3.8) is 0 Å². The topological polar surface area (TPSA) is 103 Å². The Labute approximate surface area is 166 Å². The van der Waals surface area contributed by atoms with Crippen molar-refractivity contribution < 1.29 is 18.4 Å². The summed E-state index contributed by atoms with van der Waals surface area (Å²) in [6.45, 7) is 3.02. The third-order valence-corrected chi connectivity index (χ3v) is 5.85. The summed E-state index contributed by atoms with van der Waals surface area (Å²) in [5.41, 5.74) is 8.03. The molecule has 0 radical (unpaired) electrons. The number of para-hydroxylation sites is 1. The number of primary amides is 1. The first kappa shape index (κ1) is 18.6. The second-order valence-corrected chi connectivity index (χ2v) is 7.85. The largest absolute Gasteiger partial charge is 0.455 e. The fourth-order valence-electron chi connectivity index (χ4n) is 3.35. The van der Waals surface area contributed by atoms with Gasteiger partial charge in [0.2, 0.25) is 5.91 Å². The van der Waals surface area contributed by atoms with Gasteiger partial charge in [-0.15, -0.1) is 0 Å². The van der Waals surface area contributed by atoms with Gasteiger partial charge in [0, 0.05) is 19.0 Å². The van der Waals surface area contributed by atoms with E-state index in [0.29, 0.717) is 48.4 Å². The Kier molecular flexibility index (Phi) is 5.13. The molecule has 3 heterocycles. The zero-order chi connectivity index (χ0) is 19.7. The summed E-state index contributed by atoms with van der Waals surface area (Å²) >= 11 is 1.42. The molecular weight excluding hydrogens is 378 g/mol. The van der Waals surface area contributed by atoms with E-state index in [1.165, 1.54) is 11.8 Å². The molecule has 7 nitrogen and oxygen atoms in total. The summed E-state index contributed by atoms with van der Waals surface area (Å²) in [5, 5.41) is 0.571. The van der Waals surface area contributed by atoms with Crippen molar-refractivity contribution in [3.05, 3.63) is 47.4 Å². The normalized spacial score (nSPS) is 15.2. The van der Waals surface area contributed by atoms with Crippen LogP contribution in [0, 0.1) is 12.8 Å². The molecule has 8 heteroatoms. The molecule has 3 aromatic rings. The van der Waals surface area contributed by atoms with E-state index in [2.05, 4.69) is 4.98 Å². The number of rotatable bonds is 5. The van der Waals surface area contributed by atoms with Crippen LogP contribution in [0.2, 0.25) is 0 Å². The van der Waals surface area contributed by atoms with Gasteiger partial charge in [-0.2, -0.15) is 0 Å². The Morgan fingerprint density at radius 3 is 2.71 bits per heavy atom. The Hall–Kier alpha value is -2.74. The van der Waals surface area contributed by atoms with Gasteiger partial charge in [0.05, 0.1) is 5.75 Å². The minimum absolute atomic E-state index is 0.146. The number of hydrogen-bond acceptors (Lipinski definition) is 6. The zero-order valence-electron chi connectivity index (χ0n) is 15.5. The van der Waals surface area contributed by atoms with Crippen LogP contribution in [0.5, 0.6) is 0 Å². The van der Waals surface area contributed by atoms with E-state index in [1.54, 1.807) is 17.0 Å². The average Bonchev–Trinajstić information content (AvgIpc) is 3.33. The molecule has 1 aliphatic heterocycles. The molecule has 1 aromatic carbocycles. The summed E-state index contributed by atoms with van der Waals surface area (Å²) in [5.74, 6) is 0.909. The number of nitrogens with two attached hydrogens (primary N) is 1. The number of aryl methyl sites for hydroxylation is 1. The number of likely N-dealkylation sites (tertiary alicyclic amines) is 1. The van der Waals surface area contributed by atoms with E-state index >= 15 is 0 Å². The maximum atomic E-state index is 12.6. The van der Waals surface area contributed by atoms with Gasteiger partial charge in [-0.25, -0.2) is 4.98 Å². The highest BCUT2D eigenvalue weighted by atomic mass is 32.2. The molecule has 1 aliphatic rings. The van der Waals surface area contributed by atoms with Crippen molar-refractivity contribution in [3.8, 4) is 0 Å². The van der Waals surface area contributed by atoms with Crippen molar-refractivity contribution in [1.29, 1.82) is 0 Å². The molecule has 0 aliphatic carbocycles. The van der Waals surface area contributed by atoms with E-state index in [1.807, 2.05) is 25.1 Å². The summed E-state index contributed by atoms with van der Waals surface area (Å²) < 4.78 is 11.5. The van der Waals surface area contributed by atoms with Crippen LogP contribution in [0.15, 0.2) is 44.4 Å². The quantitative estimate of drug-likeness (QED) is 0.660. The van der Waals surface area contributed by atoms with Gasteiger partial charge in [-0.05, 0) is 43.5 Å². The maximum Gasteiger partial charge on any atom is 0.289 e. The number of piperidine rings is 1. The van der Waals surface area contributed by atoms with Crippen molar-refractivity contribution in [2.45, 2.75) is 30.7 Å². The molecule has 146 valence electrons. The predicted octanol–water partition coefficient (Wildman–Crippen LogP) is 3.36. The molecule has 2 aromatic heterocycles. The van der Waals surface area contributed by atoms with Crippen LogP contribution in [0.4, 0.5) is 0 Å². The second-order valence-electron chi connectivity index (χ2n) is 6.92. The summed E-state index contributed by atoms with van der Waals surface area (Å²) in [7, 11) is 0. The lowest BCUT2D eigenvalue weighted by Gasteiger charge is -2.29. The number of furan rings is 1. The number of aromatic nitrogens is 1. The first-order valence-electron chi connectivity index (χ1n) is 9.17. The van der Waals surface area contributed by atoms with Crippen molar-refractivity contribution in [1.82, 2.24) is 9.88 Å². The highest BCUT2D eigenvalue weighted by molar-refractivity contribution is 7.98. The van der Waals surface area contributed by atoms with E-state index < -0.39 is 0 Å². The summed E-state index contributed by atoms with van der Waals surface area (Å²) in [6.07, 6.45) is 1.20. The lowest BCUT2D eigenvalue weighted by Crippen LogP contribution is -2.41. The first-order valence-corrected chi connectivity index (χ1v) is 10.2. The Balaban J connectivity index is 1.37. The van der Waals surface area contributed by atoms with E-state index in [0.717, 1.165) is 16.7 Å². The van der Waals surface area contributed by atoms with E-state index in [9.17, 15) is 9.59 Å².